The Bertz CT molecular complexity index is 2920. The van der Waals surface area contributed by atoms with Crippen LogP contribution in [0.3, 0.4) is 0 Å². The van der Waals surface area contributed by atoms with E-state index in [1.54, 1.807) is 0 Å². The number of halogens is 18. The molecule has 6 saturated heterocycles. The van der Waals surface area contributed by atoms with Gasteiger partial charge in [0.1, 0.15) is 17.2 Å². The number of benzene rings is 3. The van der Waals surface area contributed by atoms with Gasteiger partial charge in [-0.3, -0.25) is 0 Å². The highest BCUT2D eigenvalue weighted by atomic mass is 19.4. The number of hydrogen-bond donors (Lipinski definition) is 0. The smallest absolute Gasteiger partial charge is 0.497 e. The summed E-state index contributed by atoms with van der Waals surface area (Å²) < 4.78 is 349. The van der Waals surface area contributed by atoms with Crippen LogP contribution in [0.1, 0.15) is 74.5 Å². The fourth-order valence-corrected chi connectivity index (χ4v) is 11.9. The van der Waals surface area contributed by atoms with Crippen LogP contribution in [0.4, 0.5) is 93.4 Å². The van der Waals surface area contributed by atoms with Crippen LogP contribution in [0.2, 0.25) is 0 Å². The van der Waals surface area contributed by atoms with Crippen molar-refractivity contribution in [2.75, 3.05) is 80.4 Å². The molecule has 3 aromatic carbocycles. The first-order chi connectivity index (χ1) is 46.6. The fraction of sp³-hybridized carbons (Fsp3) is 0.650. The van der Waals surface area contributed by atoms with Gasteiger partial charge in [0.2, 0.25) is 18.3 Å². The summed E-state index contributed by atoms with van der Waals surface area (Å²) in [6.07, 6.45) is -57.2. The number of carbonyl (C=O) groups is 3. The van der Waals surface area contributed by atoms with Crippen molar-refractivity contribution in [3.8, 4) is 17.2 Å². The third-order valence-electron chi connectivity index (χ3n) is 17.5. The first-order valence-corrected chi connectivity index (χ1v) is 30.6. The zero-order valence-electron chi connectivity index (χ0n) is 53.1. The van der Waals surface area contributed by atoms with Crippen LogP contribution in [-0.2, 0) is 76.4 Å². The van der Waals surface area contributed by atoms with Crippen molar-refractivity contribution in [2.45, 2.75) is 167 Å². The van der Waals surface area contributed by atoms with Crippen LogP contribution < -0.4 is 14.2 Å². The molecule has 0 radical (unpaired) electrons. The minimum absolute atomic E-state index is 0.380. The van der Waals surface area contributed by atoms with E-state index in [-0.39, 0.29) is 0 Å². The maximum atomic E-state index is 17.3. The largest absolute Gasteiger partial charge is 0.647 e. The van der Waals surface area contributed by atoms with Crippen LogP contribution in [0, 0.1) is 0 Å². The van der Waals surface area contributed by atoms with E-state index in [1.807, 2.05) is 0 Å². The number of hydrogen-bond acceptors (Lipinski definition) is 18. The summed E-state index contributed by atoms with van der Waals surface area (Å²) in [5, 5.41) is 0. The minimum Gasteiger partial charge on any atom is -0.497 e. The number of alkyl halides is 18. The molecule has 0 bridgehead atoms. The molecule has 3 amide bonds. The second-order valence-corrected chi connectivity index (χ2v) is 24.6. The van der Waals surface area contributed by atoms with Crippen molar-refractivity contribution in [1.82, 2.24) is 14.7 Å². The Hall–Kier alpha value is -6.69. The van der Waals surface area contributed by atoms with Crippen molar-refractivity contribution in [3.63, 3.8) is 0 Å². The van der Waals surface area contributed by atoms with Crippen LogP contribution in [0.5, 0.6) is 17.2 Å². The Morgan fingerprint density at radius 1 is 0.400 bits per heavy atom. The Morgan fingerprint density at radius 2 is 0.620 bits per heavy atom. The summed E-state index contributed by atoms with van der Waals surface area (Å²) in [5.41, 5.74) is -6.70. The van der Waals surface area contributed by atoms with Crippen molar-refractivity contribution < 1.29 is 164 Å². The third-order valence-corrected chi connectivity index (χ3v) is 17.5. The number of rotatable bonds is 24. The summed E-state index contributed by atoms with van der Waals surface area (Å²) in [6, 6.07) is 17.7. The highest BCUT2D eigenvalue weighted by Crippen LogP contribution is 2.60. The molecule has 6 fully saturated rings. The van der Waals surface area contributed by atoms with Gasteiger partial charge in [0, 0.05) is 58.5 Å². The molecule has 3 aromatic rings. The molecule has 6 heterocycles. The zero-order valence-corrected chi connectivity index (χ0v) is 53.1. The van der Waals surface area contributed by atoms with Gasteiger partial charge in [-0.1, -0.05) is 36.4 Å². The van der Waals surface area contributed by atoms with E-state index in [0.717, 1.165) is 0 Å². The molecule has 6 aliphatic rings. The molecule has 3 unspecified atom stereocenters. The third kappa shape index (κ3) is 18.0. The van der Waals surface area contributed by atoms with E-state index in [4.69, 9.17) is 42.6 Å². The molecule has 9 rings (SSSR count). The molecule has 40 heteroatoms. The van der Waals surface area contributed by atoms with Gasteiger partial charge in [0.05, 0.1) is 77.8 Å². The molecular formula is C60H66BF18N3O18. The van der Waals surface area contributed by atoms with Gasteiger partial charge < -0.3 is 85.5 Å². The molecule has 0 saturated carbocycles. The average molecular weight is 1470 g/mol. The Morgan fingerprint density at radius 3 is 0.820 bits per heavy atom. The summed E-state index contributed by atoms with van der Waals surface area (Å²) >= 11 is 0. The Kier molecular flexibility index (Phi) is 22.9. The number of nitrogens with zero attached hydrogens (tertiary/aromatic N) is 3. The quantitative estimate of drug-likeness (QED) is 0.0465. The minimum atomic E-state index is -5.45. The molecule has 6 atom stereocenters. The van der Waals surface area contributed by atoms with Gasteiger partial charge in [-0.05, 0) is 91.6 Å². The molecule has 21 nitrogen and oxygen atoms in total. The lowest BCUT2D eigenvalue weighted by Gasteiger charge is -2.38. The molecule has 0 aromatic heterocycles. The maximum Gasteiger partial charge on any atom is 0.647 e. The second kappa shape index (κ2) is 29.6. The SMILES string of the molecule is COc1ccc(COC[C@@H](OC(=O)N2CCC3(CC2)CC(F)(OB(OC2(F)CC4(CCN(C(=O)O[C@H](COCc5ccc(OC)cc5)C(F)(F)F)CC4)OC2(F)F)OC2(F)CC4(CCN(C(=O)O[C@H](COCc5ccc(OC)cc5)C(F)(F)F)CC4)OC2(F)F)C(F)(F)O3)C(F)(F)F)cc1. The number of piperidine rings is 3. The van der Waals surface area contributed by atoms with Crippen LogP contribution in [0.25, 0.3) is 0 Å². The van der Waals surface area contributed by atoms with Gasteiger partial charge in [0.25, 0.3) is 17.6 Å². The molecule has 6 aliphatic heterocycles. The fourth-order valence-electron chi connectivity index (χ4n) is 11.9. The lowest BCUT2D eigenvalue weighted by atomic mass is 9.86. The van der Waals surface area contributed by atoms with E-state index >= 15 is 39.5 Å². The van der Waals surface area contributed by atoms with E-state index in [0.29, 0.717) is 48.6 Å². The maximum absolute atomic E-state index is 17.3. The number of methoxy groups -OCH3 is 3. The van der Waals surface area contributed by atoms with Crippen molar-refractivity contribution in [2.24, 2.45) is 0 Å². The summed E-state index contributed by atoms with van der Waals surface area (Å²) in [6.45, 7) is -10.2. The molecule has 0 aliphatic carbocycles. The van der Waals surface area contributed by atoms with Crippen LogP contribution in [0.15, 0.2) is 72.8 Å². The number of amides is 3. The predicted molar refractivity (Wildman–Crippen MR) is 300 cm³/mol. The molecule has 3 spiro atoms. The van der Waals surface area contributed by atoms with Crippen LogP contribution >= 0.6 is 0 Å². The summed E-state index contributed by atoms with van der Waals surface area (Å²) in [5.74, 6) is -13.7. The van der Waals surface area contributed by atoms with Crippen molar-refractivity contribution >= 4 is 25.6 Å². The van der Waals surface area contributed by atoms with Gasteiger partial charge in [-0.2, -0.15) is 65.9 Å². The van der Waals surface area contributed by atoms with E-state index in [9.17, 15) is 53.9 Å². The lowest BCUT2D eigenvalue weighted by Crippen LogP contribution is -2.57. The highest BCUT2D eigenvalue weighted by molar-refractivity contribution is 6.37. The zero-order chi connectivity index (χ0) is 73.2. The summed E-state index contributed by atoms with van der Waals surface area (Å²) in [4.78, 5) is 41.1. The normalized spacial score (nSPS) is 25.4. The molecule has 100 heavy (non-hydrogen) atoms. The van der Waals surface area contributed by atoms with Crippen molar-refractivity contribution in [3.05, 3.63) is 89.5 Å². The van der Waals surface area contributed by atoms with E-state index in [1.165, 1.54) is 94.1 Å². The first kappa shape index (κ1) is 77.5. The second-order valence-electron chi connectivity index (χ2n) is 24.6. The predicted octanol–water partition coefficient (Wildman–Crippen LogP) is 12.4. The summed E-state index contributed by atoms with van der Waals surface area (Å²) in [7, 11) is -0.0683. The average Bonchev–Trinajstić information content (AvgIpc) is 1.57. The Labute approximate surface area is 557 Å². The number of ether oxygens (including phenoxy) is 12. The Balaban J connectivity index is 0.889. The molecule has 0 N–H and O–H groups in total. The number of carbonyl (C=O) groups excluding carboxylic acids is 3. The molecule has 558 valence electrons. The monoisotopic (exact) mass is 1470 g/mol. The highest BCUT2D eigenvalue weighted by Gasteiger charge is 2.78. The standard InChI is InChI=1S/C60H66BF18N3O18/c1-86-40-10-4-37(5-11-40)28-89-31-43(55(65,66)67)92-46(83)80-22-16-49(17-23-80)34-52(62,58(74,75)95-49)98-61(99-53(63)35-50(96-59(53,76)77)18-24-81(25-19-50)47(84)93-44(56(68,69)70)32-90-29-38-6-12-41(87-2)13-7-38)100-54(64)36-51(97-60(54,78)79)20-26-82(27-21-51)48(85)94-45(57(71,72)73)33-91-30-39-8-14-42(88-3)15-9-39/h4-15,43-45H,16-36H2,1-3H3/t43-,44-,45-,52?,53?,54?/m1/s1. The number of likely N-dealkylation sites (tertiary alicyclic amines) is 3. The van der Waals surface area contributed by atoms with Crippen molar-refractivity contribution in [1.29, 1.82) is 0 Å². The topological polar surface area (TPSA) is 199 Å². The van der Waals surface area contributed by atoms with E-state index < -0.39 is 252 Å². The van der Waals surface area contributed by atoms with Gasteiger partial charge in [0.15, 0.2) is 0 Å². The lowest BCUT2D eigenvalue weighted by molar-refractivity contribution is -0.371. The van der Waals surface area contributed by atoms with Gasteiger partial charge in [-0.25, -0.2) is 27.6 Å². The van der Waals surface area contributed by atoms with Crippen LogP contribution in [-0.4, -0.2) is 210 Å². The van der Waals surface area contributed by atoms with E-state index in [2.05, 4.69) is 28.2 Å². The van der Waals surface area contributed by atoms with Gasteiger partial charge >= 0.3 is 62.5 Å². The first-order valence-electron chi connectivity index (χ1n) is 30.6. The molecular weight excluding hydrogens is 1400 g/mol. The van der Waals surface area contributed by atoms with Gasteiger partial charge in [-0.15, -0.1) is 0 Å².